The molecule has 1 aliphatic heterocycles. The molecule has 30 heavy (non-hydrogen) atoms. The molecule has 0 unspecified atom stereocenters. The average Bonchev–Trinajstić information content (AvgIpc) is 2.79. The molecule has 0 bridgehead atoms. The van der Waals surface area contributed by atoms with Crippen molar-refractivity contribution in [2.45, 2.75) is 18.8 Å². The first-order valence-corrected chi connectivity index (χ1v) is 10.0. The first kappa shape index (κ1) is 19.6. The third kappa shape index (κ3) is 4.17. The molecular weight excluding hydrogens is 376 g/mol. The van der Waals surface area contributed by atoms with E-state index in [4.69, 9.17) is 11.1 Å². The number of nitrogen functional groups attached to an aromatic ring is 1. The Balaban J connectivity index is 1.40. The molecule has 1 saturated heterocycles. The number of carbonyl (C=O) groups excluding carboxylic acids is 1. The predicted molar refractivity (Wildman–Crippen MR) is 118 cm³/mol. The van der Waals surface area contributed by atoms with Gasteiger partial charge >= 0.3 is 0 Å². The van der Waals surface area contributed by atoms with Gasteiger partial charge in [-0.3, -0.25) is 15.0 Å². The van der Waals surface area contributed by atoms with Crippen LogP contribution in [0.1, 0.15) is 40.2 Å². The molecule has 0 aliphatic carbocycles. The number of nitrogens with zero attached hydrogens (tertiary/aromatic N) is 1. The van der Waals surface area contributed by atoms with Gasteiger partial charge in [0.15, 0.2) is 0 Å². The number of aromatic nitrogens is 1. The molecule has 4 N–H and O–H groups in total. The average molecular weight is 400 g/mol. The molecule has 152 valence electrons. The first-order valence-electron chi connectivity index (χ1n) is 10.0. The Hall–Kier alpha value is -3.67. The third-order valence-corrected chi connectivity index (χ3v) is 5.70. The number of amidine groups is 1. The molecule has 0 saturated carbocycles. The van der Waals surface area contributed by atoms with E-state index in [1.165, 1.54) is 11.6 Å². The maximum absolute atomic E-state index is 12.9. The molecule has 0 radical (unpaired) electrons. The van der Waals surface area contributed by atoms with E-state index in [2.05, 4.69) is 11.1 Å². The zero-order chi connectivity index (χ0) is 21.1. The molecule has 2 aromatic carbocycles. The van der Waals surface area contributed by atoms with Crippen molar-refractivity contribution in [1.82, 2.24) is 9.88 Å². The van der Waals surface area contributed by atoms with E-state index in [1.54, 1.807) is 12.3 Å². The Bertz CT molecular complexity index is 1110. The lowest BCUT2D eigenvalue weighted by atomic mass is 9.88. The number of rotatable bonds is 4. The number of piperidine rings is 1. The molecule has 1 aliphatic rings. The van der Waals surface area contributed by atoms with Crippen molar-refractivity contribution < 1.29 is 4.79 Å². The van der Waals surface area contributed by atoms with Crippen LogP contribution >= 0.6 is 0 Å². The van der Waals surface area contributed by atoms with Crippen LogP contribution in [0, 0.1) is 5.41 Å². The number of hydrogen-bond acceptors (Lipinski definition) is 3. The molecule has 1 fully saturated rings. The smallest absolute Gasteiger partial charge is 0.253 e. The van der Waals surface area contributed by atoms with Crippen LogP contribution in [-0.4, -0.2) is 34.7 Å². The summed E-state index contributed by atoms with van der Waals surface area (Å²) in [4.78, 5) is 28.7. The second kappa shape index (κ2) is 8.37. The second-order valence-corrected chi connectivity index (χ2v) is 7.62. The number of nitrogens with one attached hydrogen (secondary N) is 2. The summed E-state index contributed by atoms with van der Waals surface area (Å²) in [5, 5.41) is 7.62. The van der Waals surface area contributed by atoms with E-state index in [9.17, 15) is 9.59 Å². The normalized spacial score (nSPS) is 14.5. The van der Waals surface area contributed by atoms with Crippen LogP contribution in [0.25, 0.3) is 11.1 Å². The summed E-state index contributed by atoms with van der Waals surface area (Å²) < 4.78 is 0. The van der Waals surface area contributed by atoms with Crippen LogP contribution in [0.3, 0.4) is 0 Å². The van der Waals surface area contributed by atoms with E-state index in [0.29, 0.717) is 24.6 Å². The van der Waals surface area contributed by atoms with Gasteiger partial charge in [0.25, 0.3) is 5.91 Å². The quantitative estimate of drug-likeness (QED) is 0.462. The number of hydrogen-bond donors (Lipinski definition) is 3. The molecule has 2 heterocycles. The van der Waals surface area contributed by atoms with Crippen LogP contribution < -0.4 is 11.3 Å². The molecule has 0 atom stereocenters. The summed E-state index contributed by atoms with van der Waals surface area (Å²) in [5.74, 6) is 0.490. The summed E-state index contributed by atoms with van der Waals surface area (Å²) in [6.45, 7) is 1.41. The van der Waals surface area contributed by atoms with Crippen LogP contribution in [0.4, 0.5) is 0 Å². The lowest BCUT2D eigenvalue weighted by molar-refractivity contribution is 0.0713. The number of benzene rings is 2. The van der Waals surface area contributed by atoms with Crippen LogP contribution in [-0.2, 0) is 0 Å². The fourth-order valence-electron chi connectivity index (χ4n) is 3.95. The Labute approximate surface area is 174 Å². The van der Waals surface area contributed by atoms with Crippen LogP contribution in [0.15, 0.2) is 71.7 Å². The fraction of sp³-hybridized carbons (Fsp3) is 0.208. The molecule has 1 aromatic heterocycles. The lowest BCUT2D eigenvalue weighted by Crippen LogP contribution is -2.37. The Morgan fingerprint density at radius 3 is 2.30 bits per heavy atom. The standard InChI is InChI=1S/C24H24N4O2/c25-23(26)20-3-1-2-19(14-20)17-10-12-28(13-11-17)24(30)18-6-4-16(5-7-18)21-8-9-22(29)27-15-21/h1-9,14-15,17H,10-13H2,(H3,25,26)(H,27,29). The minimum atomic E-state index is -0.137. The van der Waals surface area contributed by atoms with Gasteiger partial charge in [0.05, 0.1) is 0 Å². The highest BCUT2D eigenvalue weighted by molar-refractivity contribution is 5.95. The van der Waals surface area contributed by atoms with Gasteiger partial charge < -0.3 is 15.6 Å². The van der Waals surface area contributed by atoms with Crippen molar-refractivity contribution >= 4 is 11.7 Å². The van der Waals surface area contributed by atoms with E-state index >= 15 is 0 Å². The molecule has 6 heteroatoms. The number of carbonyl (C=O) groups is 1. The monoisotopic (exact) mass is 400 g/mol. The summed E-state index contributed by atoms with van der Waals surface area (Å²) in [6.07, 6.45) is 3.45. The maximum atomic E-state index is 12.9. The van der Waals surface area contributed by atoms with Crippen molar-refractivity contribution in [1.29, 1.82) is 5.41 Å². The highest BCUT2D eigenvalue weighted by atomic mass is 16.2. The molecule has 3 aromatic rings. The number of pyridine rings is 1. The third-order valence-electron chi connectivity index (χ3n) is 5.70. The van der Waals surface area contributed by atoms with Crippen molar-refractivity contribution in [3.05, 3.63) is 93.9 Å². The van der Waals surface area contributed by atoms with Gasteiger partial charge in [0.2, 0.25) is 5.56 Å². The summed E-state index contributed by atoms with van der Waals surface area (Å²) >= 11 is 0. The van der Waals surface area contributed by atoms with Crippen LogP contribution in [0.2, 0.25) is 0 Å². The number of aromatic amines is 1. The summed E-state index contributed by atoms with van der Waals surface area (Å²) in [5.41, 5.74) is 9.92. The van der Waals surface area contributed by atoms with E-state index in [0.717, 1.165) is 29.5 Å². The number of H-pyrrole nitrogens is 1. The van der Waals surface area contributed by atoms with Gasteiger partial charge in [-0.25, -0.2) is 0 Å². The summed E-state index contributed by atoms with van der Waals surface area (Å²) in [7, 11) is 0. The second-order valence-electron chi connectivity index (χ2n) is 7.62. The predicted octanol–water partition coefficient (Wildman–Crippen LogP) is 3.35. The number of amides is 1. The van der Waals surface area contributed by atoms with E-state index in [-0.39, 0.29) is 17.3 Å². The van der Waals surface area contributed by atoms with E-state index in [1.807, 2.05) is 47.4 Å². The lowest BCUT2D eigenvalue weighted by Gasteiger charge is -2.32. The van der Waals surface area contributed by atoms with Gasteiger partial charge in [0, 0.05) is 36.5 Å². The largest absolute Gasteiger partial charge is 0.384 e. The zero-order valence-electron chi connectivity index (χ0n) is 16.6. The summed E-state index contributed by atoms with van der Waals surface area (Å²) in [6, 6.07) is 18.6. The van der Waals surface area contributed by atoms with Gasteiger partial charge in [-0.05, 0) is 59.7 Å². The molecular formula is C24H24N4O2. The van der Waals surface area contributed by atoms with Crippen molar-refractivity contribution in [3.63, 3.8) is 0 Å². The first-order chi connectivity index (χ1) is 14.5. The maximum Gasteiger partial charge on any atom is 0.253 e. The van der Waals surface area contributed by atoms with Crippen molar-refractivity contribution in [3.8, 4) is 11.1 Å². The number of likely N-dealkylation sites (tertiary alicyclic amines) is 1. The van der Waals surface area contributed by atoms with Crippen molar-refractivity contribution in [2.75, 3.05) is 13.1 Å². The molecule has 6 nitrogen and oxygen atoms in total. The molecule has 0 spiro atoms. The SMILES string of the molecule is N=C(N)c1cccc(C2CCN(C(=O)c3ccc(-c4ccc(=O)[nH]c4)cc3)CC2)c1. The Morgan fingerprint density at radius 2 is 1.67 bits per heavy atom. The van der Waals surface area contributed by atoms with Gasteiger partial charge in [0.1, 0.15) is 5.84 Å². The van der Waals surface area contributed by atoms with Crippen LogP contribution in [0.5, 0.6) is 0 Å². The highest BCUT2D eigenvalue weighted by Crippen LogP contribution is 2.29. The fourth-order valence-corrected chi connectivity index (χ4v) is 3.95. The van der Waals surface area contributed by atoms with Gasteiger partial charge in [-0.1, -0.05) is 30.3 Å². The Kier molecular flexibility index (Phi) is 5.48. The minimum absolute atomic E-state index is 0.0407. The van der Waals surface area contributed by atoms with Gasteiger partial charge in [-0.15, -0.1) is 0 Å². The topological polar surface area (TPSA) is 103 Å². The van der Waals surface area contributed by atoms with Crippen molar-refractivity contribution in [2.24, 2.45) is 5.73 Å². The Morgan fingerprint density at radius 1 is 0.967 bits per heavy atom. The highest BCUT2D eigenvalue weighted by Gasteiger charge is 2.24. The van der Waals surface area contributed by atoms with E-state index < -0.39 is 0 Å². The molecule has 1 amide bonds. The minimum Gasteiger partial charge on any atom is -0.384 e. The molecule has 4 rings (SSSR count). The number of nitrogens with two attached hydrogens (primary N) is 1. The van der Waals surface area contributed by atoms with Gasteiger partial charge in [-0.2, -0.15) is 0 Å². The zero-order valence-corrected chi connectivity index (χ0v) is 16.6.